The van der Waals surface area contributed by atoms with Gasteiger partial charge in [-0.3, -0.25) is 9.69 Å². The summed E-state index contributed by atoms with van der Waals surface area (Å²) in [5.41, 5.74) is 2.11. The monoisotopic (exact) mass is 356 g/mol. The number of rotatable bonds is 6. The van der Waals surface area contributed by atoms with Crippen LogP contribution in [0.25, 0.3) is 0 Å². The number of ether oxygens (including phenoxy) is 1. The summed E-state index contributed by atoms with van der Waals surface area (Å²) in [6.45, 7) is 3.19. The van der Waals surface area contributed by atoms with E-state index in [1.165, 1.54) is 17.7 Å². The van der Waals surface area contributed by atoms with Gasteiger partial charge in [-0.05, 0) is 61.7 Å². The second kappa shape index (κ2) is 8.32. The Morgan fingerprint density at radius 2 is 1.92 bits per heavy atom. The van der Waals surface area contributed by atoms with Crippen LogP contribution in [0.2, 0.25) is 0 Å². The van der Waals surface area contributed by atoms with Gasteiger partial charge in [0.15, 0.2) is 0 Å². The summed E-state index contributed by atoms with van der Waals surface area (Å²) in [5, 5.41) is 3.01. The first-order chi connectivity index (χ1) is 12.6. The number of benzene rings is 2. The molecule has 0 bridgehead atoms. The maximum Gasteiger partial charge on any atom is 0.234 e. The van der Waals surface area contributed by atoms with Gasteiger partial charge >= 0.3 is 0 Å². The maximum absolute atomic E-state index is 13.0. The zero-order chi connectivity index (χ0) is 18.5. The van der Waals surface area contributed by atoms with Crippen molar-refractivity contribution in [1.82, 2.24) is 10.2 Å². The Morgan fingerprint density at radius 3 is 2.58 bits per heavy atom. The van der Waals surface area contributed by atoms with E-state index in [9.17, 15) is 9.18 Å². The lowest BCUT2D eigenvalue weighted by atomic mass is 10.0. The van der Waals surface area contributed by atoms with E-state index in [4.69, 9.17) is 4.74 Å². The lowest BCUT2D eigenvalue weighted by Crippen LogP contribution is -2.38. The molecule has 2 aromatic rings. The van der Waals surface area contributed by atoms with Crippen LogP contribution in [0, 0.1) is 5.82 Å². The second-order valence-corrected chi connectivity index (χ2v) is 6.74. The summed E-state index contributed by atoms with van der Waals surface area (Å²) in [6.07, 6.45) is 2.13. The molecular weight excluding hydrogens is 331 g/mol. The van der Waals surface area contributed by atoms with Gasteiger partial charge in [0.2, 0.25) is 5.91 Å². The maximum atomic E-state index is 13.0. The topological polar surface area (TPSA) is 41.6 Å². The molecule has 1 saturated heterocycles. The number of nitrogens with zero attached hydrogens (tertiary/aromatic N) is 1. The van der Waals surface area contributed by atoms with Crippen LogP contribution in [0.4, 0.5) is 4.39 Å². The summed E-state index contributed by atoms with van der Waals surface area (Å²) in [5.74, 6) is 0.554. The third-order valence-electron chi connectivity index (χ3n) is 4.96. The van der Waals surface area contributed by atoms with Crippen LogP contribution in [0.3, 0.4) is 0 Å². The molecule has 1 aliphatic rings. The van der Waals surface area contributed by atoms with Crippen molar-refractivity contribution in [1.29, 1.82) is 0 Å². The summed E-state index contributed by atoms with van der Waals surface area (Å²) in [4.78, 5) is 14.7. The zero-order valence-corrected chi connectivity index (χ0v) is 15.2. The minimum absolute atomic E-state index is 0.0118. The molecule has 3 rings (SSSR count). The average molecular weight is 356 g/mol. The molecule has 2 aromatic carbocycles. The molecule has 0 aromatic heterocycles. The number of likely N-dealkylation sites (tertiary alicyclic amines) is 1. The molecule has 138 valence electrons. The van der Waals surface area contributed by atoms with Crippen LogP contribution in [-0.4, -0.2) is 31.0 Å². The van der Waals surface area contributed by atoms with Crippen molar-refractivity contribution in [3.63, 3.8) is 0 Å². The van der Waals surface area contributed by atoms with Crippen molar-refractivity contribution in [3.05, 3.63) is 65.5 Å². The summed E-state index contributed by atoms with van der Waals surface area (Å²) in [7, 11) is 1.66. The molecule has 1 heterocycles. The predicted octanol–water partition coefficient (Wildman–Crippen LogP) is 3.85. The standard InChI is InChI=1S/C21H25FN2O2/c1-15(16-5-9-18(22)10-6-16)23-21(25)14-24-13-3-4-20(24)17-7-11-19(26-2)12-8-17/h5-12,15,20H,3-4,13-14H2,1-2H3,(H,23,25). The minimum atomic E-state index is -0.272. The molecule has 1 amide bonds. The average Bonchev–Trinajstić information content (AvgIpc) is 3.10. The largest absolute Gasteiger partial charge is 0.497 e. The summed E-state index contributed by atoms with van der Waals surface area (Å²) < 4.78 is 18.2. The van der Waals surface area contributed by atoms with E-state index >= 15 is 0 Å². The Morgan fingerprint density at radius 1 is 1.23 bits per heavy atom. The van der Waals surface area contributed by atoms with E-state index in [0.717, 1.165) is 30.7 Å². The first kappa shape index (κ1) is 18.4. The molecular formula is C21H25FN2O2. The summed E-state index contributed by atoms with van der Waals surface area (Å²) >= 11 is 0. The van der Waals surface area contributed by atoms with E-state index in [-0.39, 0.29) is 23.8 Å². The van der Waals surface area contributed by atoms with Gasteiger partial charge in [0.25, 0.3) is 0 Å². The van der Waals surface area contributed by atoms with Gasteiger partial charge in [0.1, 0.15) is 11.6 Å². The number of halogens is 1. The Hall–Kier alpha value is -2.40. The molecule has 0 radical (unpaired) electrons. The second-order valence-electron chi connectivity index (χ2n) is 6.74. The fourth-order valence-corrected chi connectivity index (χ4v) is 3.53. The van der Waals surface area contributed by atoms with E-state index in [2.05, 4.69) is 22.3 Å². The van der Waals surface area contributed by atoms with Crippen LogP contribution < -0.4 is 10.1 Å². The van der Waals surface area contributed by atoms with E-state index in [1.54, 1.807) is 19.2 Å². The Kier molecular flexibility index (Phi) is 5.89. The number of hydrogen-bond acceptors (Lipinski definition) is 3. The minimum Gasteiger partial charge on any atom is -0.497 e. The van der Waals surface area contributed by atoms with Crippen molar-refractivity contribution in [2.75, 3.05) is 20.2 Å². The van der Waals surface area contributed by atoms with Gasteiger partial charge in [0, 0.05) is 6.04 Å². The molecule has 1 fully saturated rings. The highest BCUT2D eigenvalue weighted by molar-refractivity contribution is 5.78. The molecule has 2 atom stereocenters. The van der Waals surface area contributed by atoms with Crippen molar-refractivity contribution in [2.45, 2.75) is 31.8 Å². The van der Waals surface area contributed by atoms with Gasteiger partial charge in [-0.1, -0.05) is 24.3 Å². The van der Waals surface area contributed by atoms with Gasteiger partial charge in [-0.15, -0.1) is 0 Å². The SMILES string of the molecule is COc1ccc(C2CCCN2CC(=O)NC(C)c2ccc(F)cc2)cc1. The molecule has 2 unspecified atom stereocenters. The van der Waals surface area contributed by atoms with E-state index in [1.807, 2.05) is 19.1 Å². The smallest absolute Gasteiger partial charge is 0.234 e. The number of carbonyl (C=O) groups excluding carboxylic acids is 1. The zero-order valence-electron chi connectivity index (χ0n) is 15.2. The molecule has 0 spiro atoms. The van der Waals surface area contributed by atoms with Crippen LogP contribution >= 0.6 is 0 Å². The highest BCUT2D eigenvalue weighted by atomic mass is 19.1. The van der Waals surface area contributed by atoms with Gasteiger partial charge in [0.05, 0.1) is 19.7 Å². The van der Waals surface area contributed by atoms with Gasteiger partial charge in [-0.25, -0.2) is 4.39 Å². The molecule has 1 aliphatic heterocycles. The van der Waals surface area contributed by atoms with Crippen LogP contribution in [0.5, 0.6) is 5.75 Å². The number of amides is 1. The molecule has 5 heteroatoms. The lowest BCUT2D eigenvalue weighted by Gasteiger charge is -2.25. The van der Waals surface area contributed by atoms with Crippen LogP contribution in [0.1, 0.15) is 43.0 Å². The van der Waals surface area contributed by atoms with E-state index in [0.29, 0.717) is 6.54 Å². The molecule has 1 N–H and O–H groups in total. The third kappa shape index (κ3) is 4.41. The van der Waals surface area contributed by atoms with Crippen molar-refractivity contribution in [2.24, 2.45) is 0 Å². The quantitative estimate of drug-likeness (QED) is 0.855. The van der Waals surface area contributed by atoms with Gasteiger partial charge in [-0.2, -0.15) is 0 Å². The first-order valence-electron chi connectivity index (χ1n) is 8.99. The highest BCUT2D eigenvalue weighted by Gasteiger charge is 2.27. The van der Waals surface area contributed by atoms with E-state index < -0.39 is 0 Å². The number of methoxy groups -OCH3 is 1. The number of nitrogens with one attached hydrogen (secondary N) is 1. The third-order valence-corrected chi connectivity index (χ3v) is 4.96. The molecule has 0 saturated carbocycles. The van der Waals surface area contributed by atoms with Crippen LogP contribution in [-0.2, 0) is 4.79 Å². The number of carbonyl (C=O) groups is 1. The Labute approximate surface area is 154 Å². The molecule has 26 heavy (non-hydrogen) atoms. The van der Waals surface area contributed by atoms with Gasteiger partial charge < -0.3 is 10.1 Å². The van der Waals surface area contributed by atoms with Crippen molar-refractivity contribution < 1.29 is 13.9 Å². The molecule has 4 nitrogen and oxygen atoms in total. The normalized spacial score (nSPS) is 18.5. The van der Waals surface area contributed by atoms with Crippen LogP contribution in [0.15, 0.2) is 48.5 Å². The summed E-state index contributed by atoms with van der Waals surface area (Å²) in [6, 6.07) is 14.4. The highest BCUT2D eigenvalue weighted by Crippen LogP contribution is 2.32. The fourth-order valence-electron chi connectivity index (χ4n) is 3.53. The lowest BCUT2D eigenvalue weighted by molar-refractivity contribution is -0.123. The number of hydrogen-bond donors (Lipinski definition) is 1. The fraction of sp³-hybridized carbons (Fsp3) is 0.381. The Balaban J connectivity index is 1.59. The Bertz CT molecular complexity index is 731. The molecule has 0 aliphatic carbocycles. The predicted molar refractivity (Wildman–Crippen MR) is 99.5 cm³/mol. The van der Waals surface area contributed by atoms with Crippen molar-refractivity contribution in [3.8, 4) is 5.75 Å². The van der Waals surface area contributed by atoms with Crippen molar-refractivity contribution >= 4 is 5.91 Å². The first-order valence-corrected chi connectivity index (χ1v) is 8.99.